The van der Waals surface area contributed by atoms with E-state index in [0.29, 0.717) is 17.7 Å². The molecular formula is C8H9F3N2O. The molecule has 1 aliphatic rings. The molecule has 0 N–H and O–H groups in total. The van der Waals surface area contributed by atoms with Crippen molar-refractivity contribution in [3.05, 3.63) is 0 Å². The highest BCUT2D eigenvalue weighted by molar-refractivity contribution is 5.83. The van der Waals surface area contributed by atoms with Crippen molar-refractivity contribution in [3.63, 3.8) is 0 Å². The van der Waals surface area contributed by atoms with Crippen LogP contribution in [0.2, 0.25) is 0 Å². The molecule has 1 unspecified atom stereocenters. The lowest BCUT2D eigenvalue weighted by atomic mass is 10.0. The van der Waals surface area contributed by atoms with Gasteiger partial charge in [0.2, 0.25) is 0 Å². The monoisotopic (exact) mass is 206 g/mol. The van der Waals surface area contributed by atoms with Gasteiger partial charge in [-0.1, -0.05) is 0 Å². The molecule has 1 saturated heterocycles. The maximum absolute atomic E-state index is 12.1. The molecule has 1 amide bonds. The van der Waals surface area contributed by atoms with Gasteiger partial charge in [0.05, 0.1) is 6.07 Å². The van der Waals surface area contributed by atoms with Gasteiger partial charge < -0.3 is 4.90 Å². The summed E-state index contributed by atoms with van der Waals surface area (Å²) in [5.41, 5.74) is -1.30. The molecule has 1 fully saturated rings. The van der Waals surface area contributed by atoms with Gasteiger partial charge >= 0.3 is 12.1 Å². The molecule has 3 nitrogen and oxygen atoms in total. The number of halogens is 3. The molecule has 1 heterocycles. The molecule has 14 heavy (non-hydrogen) atoms. The molecule has 0 aromatic heterocycles. The second-order valence-electron chi connectivity index (χ2n) is 3.44. The molecule has 6 heteroatoms. The predicted molar refractivity (Wildman–Crippen MR) is 41.0 cm³/mol. The van der Waals surface area contributed by atoms with Crippen LogP contribution in [0, 0.1) is 11.3 Å². The average Bonchev–Trinajstić information content (AvgIpc) is 2.45. The Morgan fingerprint density at radius 2 is 2.14 bits per heavy atom. The van der Waals surface area contributed by atoms with Crippen molar-refractivity contribution < 1.29 is 18.0 Å². The number of rotatable bonds is 0. The zero-order chi connectivity index (χ0) is 11.0. The first-order chi connectivity index (χ1) is 6.31. The first kappa shape index (κ1) is 10.8. The second kappa shape index (κ2) is 3.15. The van der Waals surface area contributed by atoms with Gasteiger partial charge in [-0.05, 0) is 19.8 Å². The largest absolute Gasteiger partial charge is 0.471 e. The molecule has 0 spiro atoms. The number of likely N-dealkylation sites (tertiary alicyclic amines) is 1. The first-order valence-electron chi connectivity index (χ1n) is 4.11. The smallest absolute Gasteiger partial charge is 0.316 e. The molecule has 0 bridgehead atoms. The van der Waals surface area contributed by atoms with Gasteiger partial charge in [-0.15, -0.1) is 0 Å². The van der Waals surface area contributed by atoms with Gasteiger partial charge in [0, 0.05) is 6.54 Å². The number of carbonyl (C=O) groups excluding carboxylic acids is 1. The van der Waals surface area contributed by atoms with Gasteiger partial charge in [-0.25, -0.2) is 0 Å². The van der Waals surface area contributed by atoms with Crippen LogP contribution in [-0.2, 0) is 4.79 Å². The molecule has 0 aromatic carbocycles. The summed E-state index contributed by atoms with van der Waals surface area (Å²) in [6.07, 6.45) is -4.15. The summed E-state index contributed by atoms with van der Waals surface area (Å²) < 4.78 is 36.2. The van der Waals surface area contributed by atoms with E-state index in [1.54, 1.807) is 6.07 Å². The zero-order valence-electron chi connectivity index (χ0n) is 7.56. The molecule has 1 atom stereocenters. The summed E-state index contributed by atoms with van der Waals surface area (Å²) in [7, 11) is 0. The zero-order valence-corrected chi connectivity index (χ0v) is 7.56. The number of amides is 1. The van der Waals surface area contributed by atoms with Gasteiger partial charge in [0.15, 0.2) is 0 Å². The maximum atomic E-state index is 12.1. The third kappa shape index (κ3) is 1.67. The van der Waals surface area contributed by atoms with Crippen LogP contribution in [0.1, 0.15) is 19.8 Å². The van der Waals surface area contributed by atoms with E-state index in [9.17, 15) is 18.0 Å². The van der Waals surface area contributed by atoms with E-state index >= 15 is 0 Å². The van der Waals surface area contributed by atoms with E-state index in [1.165, 1.54) is 6.92 Å². The van der Waals surface area contributed by atoms with Gasteiger partial charge in [0.25, 0.3) is 0 Å². The molecule has 0 radical (unpaired) electrons. The quantitative estimate of drug-likeness (QED) is 0.602. The van der Waals surface area contributed by atoms with Crippen molar-refractivity contribution in [2.24, 2.45) is 0 Å². The summed E-state index contributed by atoms with van der Waals surface area (Å²) in [6, 6.07) is 1.75. The Bertz CT molecular complexity index is 294. The fraction of sp³-hybridized carbons (Fsp3) is 0.750. The summed E-state index contributed by atoms with van der Waals surface area (Å²) >= 11 is 0. The Morgan fingerprint density at radius 3 is 2.57 bits per heavy atom. The number of carbonyl (C=O) groups is 1. The lowest BCUT2D eigenvalue weighted by molar-refractivity contribution is -0.187. The maximum Gasteiger partial charge on any atom is 0.471 e. The van der Waals surface area contributed by atoms with E-state index in [-0.39, 0.29) is 6.54 Å². The normalized spacial score (nSPS) is 27.5. The molecule has 1 aliphatic heterocycles. The lowest BCUT2D eigenvalue weighted by Gasteiger charge is -2.29. The topological polar surface area (TPSA) is 44.1 Å². The highest BCUT2D eigenvalue weighted by atomic mass is 19.4. The summed E-state index contributed by atoms with van der Waals surface area (Å²) in [6.45, 7) is 1.35. The number of nitriles is 1. The molecule has 0 aliphatic carbocycles. The van der Waals surface area contributed by atoms with Crippen molar-refractivity contribution in [1.29, 1.82) is 5.26 Å². The van der Waals surface area contributed by atoms with Crippen molar-refractivity contribution >= 4 is 5.91 Å². The summed E-state index contributed by atoms with van der Waals surface area (Å²) in [5, 5.41) is 8.70. The number of alkyl halides is 3. The first-order valence-corrected chi connectivity index (χ1v) is 4.11. The second-order valence-corrected chi connectivity index (χ2v) is 3.44. The van der Waals surface area contributed by atoms with E-state index in [2.05, 4.69) is 0 Å². The van der Waals surface area contributed by atoms with Crippen LogP contribution in [-0.4, -0.2) is 29.1 Å². The minimum atomic E-state index is -4.89. The standard InChI is InChI=1S/C8H9F3N2O/c1-7(5-12)3-2-4-13(7)6(14)8(9,10)11/h2-4H2,1H3. The van der Waals surface area contributed by atoms with Gasteiger partial charge in [-0.2, -0.15) is 18.4 Å². The van der Waals surface area contributed by atoms with Crippen molar-refractivity contribution in [3.8, 4) is 6.07 Å². The highest BCUT2D eigenvalue weighted by Gasteiger charge is 2.50. The SMILES string of the molecule is CC1(C#N)CCCN1C(=O)C(F)(F)F. The summed E-state index contributed by atoms with van der Waals surface area (Å²) in [5.74, 6) is -1.92. The van der Waals surface area contributed by atoms with E-state index in [4.69, 9.17) is 5.26 Å². The average molecular weight is 206 g/mol. The van der Waals surface area contributed by atoms with Crippen LogP contribution in [0.15, 0.2) is 0 Å². The van der Waals surface area contributed by atoms with Crippen molar-refractivity contribution in [1.82, 2.24) is 4.90 Å². The summed E-state index contributed by atoms with van der Waals surface area (Å²) in [4.78, 5) is 11.5. The number of hydrogen-bond donors (Lipinski definition) is 0. The molecule has 1 rings (SSSR count). The Kier molecular flexibility index (Phi) is 2.44. The van der Waals surface area contributed by atoms with Crippen LogP contribution in [0.5, 0.6) is 0 Å². The van der Waals surface area contributed by atoms with Crippen LogP contribution < -0.4 is 0 Å². The van der Waals surface area contributed by atoms with Gasteiger partial charge in [0.1, 0.15) is 5.54 Å². The number of hydrogen-bond acceptors (Lipinski definition) is 2. The molecule has 78 valence electrons. The Morgan fingerprint density at radius 1 is 1.57 bits per heavy atom. The van der Waals surface area contributed by atoms with Crippen LogP contribution in [0.25, 0.3) is 0 Å². The number of nitrogens with zero attached hydrogens (tertiary/aromatic N) is 2. The fourth-order valence-electron chi connectivity index (χ4n) is 1.56. The van der Waals surface area contributed by atoms with E-state index < -0.39 is 17.6 Å². The highest BCUT2D eigenvalue weighted by Crippen LogP contribution is 2.32. The molecule has 0 aromatic rings. The van der Waals surface area contributed by atoms with Crippen LogP contribution >= 0.6 is 0 Å². The van der Waals surface area contributed by atoms with Crippen molar-refractivity contribution in [2.45, 2.75) is 31.5 Å². The Hall–Kier alpha value is -1.25. The third-order valence-corrected chi connectivity index (χ3v) is 2.37. The van der Waals surface area contributed by atoms with Crippen molar-refractivity contribution in [2.75, 3.05) is 6.54 Å². The van der Waals surface area contributed by atoms with Crippen LogP contribution in [0.3, 0.4) is 0 Å². The predicted octanol–water partition coefficient (Wildman–Crippen LogP) is 1.45. The van der Waals surface area contributed by atoms with E-state index in [0.717, 1.165) is 0 Å². The minimum absolute atomic E-state index is 0.00238. The Labute approximate surface area is 79.1 Å². The third-order valence-electron chi connectivity index (χ3n) is 2.37. The lowest BCUT2D eigenvalue weighted by Crippen LogP contribution is -2.49. The van der Waals surface area contributed by atoms with E-state index in [1.807, 2.05) is 0 Å². The Balaban J connectivity index is 2.90. The van der Waals surface area contributed by atoms with Gasteiger partial charge in [-0.3, -0.25) is 4.79 Å². The minimum Gasteiger partial charge on any atom is -0.316 e. The molecule has 0 saturated carbocycles. The molecular weight excluding hydrogens is 197 g/mol. The van der Waals surface area contributed by atoms with Crippen LogP contribution in [0.4, 0.5) is 13.2 Å². The fourth-order valence-corrected chi connectivity index (χ4v) is 1.56.